The lowest BCUT2D eigenvalue weighted by Gasteiger charge is -2.18. The highest BCUT2D eigenvalue weighted by molar-refractivity contribution is 6.39. The van der Waals surface area contributed by atoms with Gasteiger partial charge in [-0.1, -0.05) is 36.4 Å². The maximum Gasteiger partial charge on any atom is 0.187 e. The molecule has 0 saturated carbocycles. The lowest BCUT2D eigenvalue weighted by molar-refractivity contribution is 0.470. The predicted octanol–water partition coefficient (Wildman–Crippen LogP) is 5.05. The zero-order valence-electron chi connectivity index (χ0n) is 15.5. The third-order valence-electron chi connectivity index (χ3n) is 6.49. The fraction of sp³-hybridized carbons (Fsp3) is 0. The van der Waals surface area contributed by atoms with E-state index in [4.69, 9.17) is 0 Å². The number of hydrogen-bond donors (Lipinski definition) is 2. The van der Waals surface area contributed by atoms with Crippen molar-refractivity contribution in [2.75, 3.05) is 0 Å². The number of aromatic hydroxyl groups is 2. The molecule has 8 aromatic rings. The van der Waals surface area contributed by atoms with E-state index in [1.165, 1.54) is 12.1 Å². The lowest BCUT2D eigenvalue weighted by atomic mass is 9.85. The highest BCUT2D eigenvalue weighted by Crippen LogP contribution is 2.46. The van der Waals surface area contributed by atoms with Crippen LogP contribution in [0.3, 0.4) is 0 Å². The maximum absolute atomic E-state index is 13.3. The van der Waals surface area contributed by atoms with Crippen molar-refractivity contribution in [3.8, 4) is 11.5 Å². The molecule has 0 aliphatic rings. The van der Waals surface area contributed by atoms with Gasteiger partial charge in [0.1, 0.15) is 11.5 Å². The van der Waals surface area contributed by atoms with E-state index in [1.54, 1.807) is 12.1 Å². The highest BCUT2D eigenvalue weighted by atomic mass is 16.3. The van der Waals surface area contributed by atoms with Crippen LogP contribution >= 0.6 is 0 Å². The number of benzene rings is 6. The zero-order valence-corrected chi connectivity index (χ0v) is 15.5. The fourth-order valence-electron chi connectivity index (χ4n) is 5.39. The molecule has 0 heterocycles. The third kappa shape index (κ3) is 1.57. The molecule has 0 radical (unpaired) electrons. The van der Waals surface area contributed by atoms with Gasteiger partial charge < -0.3 is 10.2 Å². The van der Waals surface area contributed by atoms with Gasteiger partial charge in [-0.3, -0.25) is 9.59 Å². The Balaban J connectivity index is 2.19. The van der Waals surface area contributed by atoms with Crippen molar-refractivity contribution in [3.63, 3.8) is 0 Å². The minimum atomic E-state index is -0.251. The molecule has 0 aliphatic carbocycles. The van der Waals surface area contributed by atoms with Crippen LogP contribution in [-0.2, 0) is 0 Å². The summed E-state index contributed by atoms with van der Waals surface area (Å²) in [5.74, 6) is -0.290. The predicted molar refractivity (Wildman–Crippen MR) is 121 cm³/mol. The summed E-state index contributed by atoms with van der Waals surface area (Å²) in [6, 6.07) is 17.4. The third-order valence-corrected chi connectivity index (χ3v) is 6.49. The standard InChI is InChI=1S/C26H12O4/c27-17-7-8-18(28)26-24-14-6-2-4-12-11-3-1-5-13-21(11)15(9-19(29)23(13)25(17)26)16(22(12)14)10-20(24)30/h1-10,27-28H. The number of phenols is 2. The molecule has 4 heteroatoms. The summed E-state index contributed by atoms with van der Waals surface area (Å²) in [6.45, 7) is 0. The first-order valence-corrected chi connectivity index (χ1v) is 9.66. The molecular weight excluding hydrogens is 376 g/mol. The van der Waals surface area contributed by atoms with Crippen molar-refractivity contribution in [2.24, 2.45) is 0 Å². The van der Waals surface area contributed by atoms with Crippen LogP contribution in [0, 0.1) is 0 Å². The van der Waals surface area contributed by atoms with Gasteiger partial charge >= 0.3 is 0 Å². The van der Waals surface area contributed by atoms with Crippen molar-refractivity contribution >= 4 is 64.6 Å². The van der Waals surface area contributed by atoms with E-state index in [2.05, 4.69) is 0 Å². The Morgan fingerprint density at radius 2 is 0.833 bits per heavy atom. The van der Waals surface area contributed by atoms with E-state index in [1.807, 2.05) is 36.4 Å². The Kier molecular flexibility index (Phi) is 2.55. The van der Waals surface area contributed by atoms with Crippen LogP contribution in [0.2, 0.25) is 0 Å². The molecular formula is C26H12O4. The molecule has 30 heavy (non-hydrogen) atoms. The Labute approximate surface area is 167 Å². The van der Waals surface area contributed by atoms with Gasteiger partial charge in [0.15, 0.2) is 10.9 Å². The molecule has 0 saturated heterocycles. The molecule has 2 N–H and O–H groups in total. The maximum atomic E-state index is 13.3. The van der Waals surface area contributed by atoms with Gasteiger partial charge in [-0.05, 0) is 67.4 Å². The Morgan fingerprint density at radius 1 is 0.433 bits per heavy atom. The summed E-state index contributed by atoms with van der Waals surface area (Å²) in [5, 5.41) is 29.4. The van der Waals surface area contributed by atoms with Crippen molar-refractivity contribution in [1.82, 2.24) is 0 Å². The van der Waals surface area contributed by atoms with Crippen LogP contribution in [0.4, 0.5) is 0 Å². The van der Waals surface area contributed by atoms with Gasteiger partial charge in [-0.15, -0.1) is 0 Å². The SMILES string of the molecule is O=c1cc2c3cc(=O)c4c5cccc(c6cccc(c1c1c(O)ccc(O)c14)c62)c35. The van der Waals surface area contributed by atoms with E-state index in [-0.39, 0.29) is 33.1 Å². The summed E-state index contributed by atoms with van der Waals surface area (Å²) < 4.78 is 0. The molecule has 0 amide bonds. The summed E-state index contributed by atoms with van der Waals surface area (Å²) in [5.41, 5.74) is -0.501. The summed E-state index contributed by atoms with van der Waals surface area (Å²) in [4.78, 5) is 26.7. The van der Waals surface area contributed by atoms with Crippen LogP contribution in [-0.4, -0.2) is 10.2 Å². The first kappa shape index (κ1) is 15.7. The van der Waals surface area contributed by atoms with E-state index in [0.29, 0.717) is 21.5 Å². The minimum absolute atomic E-state index is 0.145. The Hall–Kier alpha value is -4.18. The van der Waals surface area contributed by atoms with Crippen molar-refractivity contribution < 1.29 is 10.2 Å². The number of rotatable bonds is 0. The fourth-order valence-corrected chi connectivity index (χ4v) is 5.39. The van der Waals surface area contributed by atoms with Gasteiger partial charge in [0.05, 0.1) is 0 Å². The monoisotopic (exact) mass is 388 g/mol. The van der Waals surface area contributed by atoms with Gasteiger partial charge in [0.2, 0.25) is 0 Å². The Bertz CT molecular complexity index is 1810. The van der Waals surface area contributed by atoms with E-state index in [9.17, 15) is 19.8 Å². The van der Waals surface area contributed by atoms with Crippen LogP contribution in [0.1, 0.15) is 0 Å². The zero-order chi connectivity index (χ0) is 20.3. The molecule has 0 aromatic heterocycles. The van der Waals surface area contributed by atoms with Gasteiger partial charge in [0, 0.05) is 21.5 Å². The quantitative estimate of drug-likeness (QED) is 0.217. The Morgan fingerprint density at radius 3 is 1.27 bits per heavy atom. The van der Waals surface area contributed by atoms with Crippen LogP contribution in [0.5, 0.6) is 11.5 Å². The molecule has 10 bridgehead atoms. The van der Waals surface area contributed by atoms with E-state index >= 15 is 0 Å². The lowest BCUT2D eigenvalue weighted by Crippen LogP contribution is -2.07. The molecule has 4 nitrogen and oxygen atoms in total. The molecule has 0 fully saturated rings. The van der Waals surface area contributed by atoms with Crippen molar-refractivity contribution in [2.45, 2.75) is 0 Å². The van der Waals surface area contributed by atoms with Crippen molar-refractivity contribution in [3.05, 3.63) is 81.1 Å². The summed E-state index contributed by atoms with van der Waals surface area (Å²) >= 11 is 0. The first-order chi connectivity index (χ1) is 14.6. The minimum Gasteiger partial charge on any atom is -0.507 e. The summed E-state index contributed by atoms with van der Waals surface area (Å²) in [7, 11) is 0. The molecule has 8 aromatic carbocycles. The van der Waals surface area contributed by atoms with Gasteiger partial charge in [-0.2, -0.15) is 0 Å². The van der Waals surface area contributed by atoms with Crippen LogP contribution < -0.4 is 10.9 Å². The molecule has 140 valence electrons. The smallest absolute Gasteiger partial charge is 0.187 e. The van der Waals surface area contributed by atoms with E-state index < -0.39 is 0 Å². The second-order valence-corrected chi connectivity index (χ2v) is 7.90. The van der Waals surface area contributed by atoms with Gasteiger partial charge in [0.25, 0.3) is 0 Å². The first-order valence-electron chi connectivity index (χ1n) is 9.66. The highest BCUT2D eigenvalue weighted by Gasteiger charge is 2.22. The van der Waals surface area contributed by atoms with Crippen LogP contribution in [0.15, 0.2) is 70.3 Å². The molecule has 0 aliphatic heterocycles. The second kappa shape index (κ2) is 4.86. The topological polar surface area (TPSA) is 74.6 Å². The number of phenolic OH excluding ortho intramolecular Hbond substituents is 2. The van der Waals surface area contributed by atoms with Crippen molar-refractivity contribution in [1.29, 1.82) is 0 Å². The molecule has 0 spiro atoms. The molecule has 8 rings (SSSR count). The number of hydrogen-bond acceptors (Lipinski definition) is 4. The van der Waals surface area contributed by atoms with Gasteiger partial charge in [-0.25, -0.2) is 0 Å². The average Bonchev–Trinajstić information content (AvgIpc) is 2.74. The molecule has 0 atom stereocenters. The normalized spacial score (nSPS) is 12.5. The average molecular weight is 388 g/mol. The van der Waals surface area contributed by atoms with E-state index in [0.717, 1.165) is 32.3 Å². The largest absolute Gasteiger partial charge is 0.507 e. The molecule has 0 unspecified atom stereocenters. The summed E-state index contributed by atoms with van der Waals surface area (Å²) in [6.07, 6.45) is 0. The second-order valence-electron chi connectivity index (χ2n) is 7.90. The van der Waals surface area contributed by atoms with Crippen LogP contribution in [0.25, 0.3) is 64.6 Å².